The van der Waals surface area contributed by atoms with Crippen LogP contribution in [-0.2, 0) is 14.8 Å². The average molecular weight is 375 g/mol. The molecule has 0 bridgehead atoms. The number of amides is 2. The molecule has 0 radical (unpaired) electrons. The highest BCUT2D eigenvalue weighted by atomic mass is 32.2. The van der Waals surface area contributed by atoms with Gasteiger partial charge in [0.1, 0.15) is 6.04 Å². The normalized spacial score (nSPS) is 12.3. The summed E-state index contributed by atoms with van der Waals surface area (Å²) in [6.07, 6.45) is 0. The van der Waals surface area contributed by atoms with Crippen LogP contribution < -0.4 is 15.8 Å². The third kappa shape index (κ3) is 4.60. The van der Waals surface area contributed by atoms with Crippen molar-refractivity contribution in [3.63, 3.8) is 0 Å². The number of rotatable bonds is 6. The SMILES string of the molecule is Cc1ccc(NS(=O)(=O)c2ccc(C(=O)N[C@H](C)C(N)=O)cc2)cc1C. The first kappa shape index (κ1) is 19.5. The molecule has 0 aliphatic carbocycles. The van der Waals surface area contributed by atoms with Gasteiger partial charge in [-0.25, -0.2) is 8.42 Å². The number of carbonyl (C=O) groups is 2. The minimum Gasteiger partial charge on any atom is -0.368 e. The average Bonchev–Trinajstić information content (AvgIpc) is 2.58. The van der Waals surface area contributed by atoms with Crippen LogP contribution in [0.4, 0.5) is 5.69 Å². The summed E-state index contributed by atoms with van der Waals surface area (Å²) in [5.41, 5.74) is 7.82. The van der Waals surface area contributed by atoms with E-state index in [0.29, 0.717) is 5.69 Å². The first-order chi connectivity index (χ1) is 12.1. The van der Waals surface area contributed by atoms with Gasteiger partial charge in [0, 0.05) is 11.3 Å². The van der Waals surface area contributed by atoms with Crippen molar-refractivity contribution in [2.24, 2.45) is 5.73 Å². The zero-order chi connectivity index (χ0) is 19.5. The summed E-state index contributed by atoms with van der Waals surface area (Å²) in [4.78, 5) is 23.0. The smallest absolute Gasteiger partial charge is 0.261 e. The zero-order valence-corrected chi connectivity index (χ0v) is 15.6. The van der Waals surface area contributed by atoms with E-state index in [9.17, 15) is 18.0 Å². The molecule has 4 N–H and O–H groups in total. The van der Waals surface area contributed by atoms with E-state index in [1.54, 1.807) is 12.1 Å². The van der Waals surface area contributed by atoms with Crippen molar-refractivity contribution >= 4 is 27.5 Å². The molecular formula is C18H21N3O4S. The number of aryl methyl sites for hydroxylation is 2. The summed E-state index contributed by atoms with van der Waals surface area (Å²) in [7, 11) is -3.78. The molecule has 2 rings (SSSR count). The van der Waals surface area contributed by atoms with Crippen LogP contribution in [0.3, 0.4) is 0 Å². The van der Waals surface area contributed by atoms with Gasteiger partial charge < -0.3 is 11.1 Å². The topological polar surface area (TPSA) is 118 Å². The maximum atomic E-state index is 12.5. The lowest BCUT2D eigenvalue weighted by atomic mass is 10.1. The molecule has 7 nitrogen and oxygen atoms in total. The maximum absolute atomic E-state index is 12.5. The van der Waals surface area contributed by atoms with Crippen LogP contribution in [0.15, 0.2) is 47.4 Å². The number of benzene rings is 2. The summed E-state index contributed by atoms with van der Waals surface area (Å²) >= 11 is 0. The van der Waals surface area contributed by atoms with Crippen molar-refractivity contribution in [1.29, 1.82) is 0 Å². The van der Waals surface area contributed by atoms with Crippen molar-refractivity contribution < 1.29 is 18.0 Å². The van der Waals surface area contributed by atoms with E-state index in [-0.39, 0.29) is 10.5 Å². The Balaban J connectivity index is 2.16. The van der Waals surface area contributed by atoms with Gasteiger partial charge in [0.25, 0.3) is 15.9 Å². The van der Waals surface area contributed by atoms with Gasteiger partial charge in [-0.05, 0) is 68.3 Å². The van der Waals surface area contributed by atoms with Crippen molar-refractivity contribution in [3.05, 3.63) is 59.2 Å². The number of carbonyl (C=O) groups excluding carboxylic acids is 2. The Morgan fingerprint density at radius 3 is 2.15 bits per heavy atom. The highest BCUT2D eigenvalue weighted by Gasteiger charge is 2.17. The van der Waals surface area contributed by atoms with Crippen molar-refractivity contribution in [2.75, 3.05) is 4.72 Å². The van der Waals surface area contributed by atoms with E-state index in [1.807, 2.05) is 19.9 Å². The van der Waals surface area contributed by atoms with Crippen LogP contribution in [-0.4, -0.2) is 26.3 Å². The first-order valence-corrected chi connectivity index (χ1v) is 9.39. The van der Waals surface area contributed by atoms with Crippen LogP contribution in [0, 0.1) is 13.8 Å². The van der Waals surface area contributed by atoms with Crippen LogP contribution >= 0.6 is 0 Å². The van der Waals surface area contributed by atoms with Crippen LogP contribution in [0.25, 0.3) is 0 Å². The van der Waals surface area contributed by atoms with Gasteiger partial charge in [0.05, 0.1) is 4.90 Å². The molecule has 138 valence electrons. The molecule has 0 unspecified atom stereocenters. The molecule has 2 aromatic carbocycles. The van der Waals surface area contributed by atoms with Crippen LogP contribution in [0.2, 0.25) is 0 Å². The quantitative estimate of drug-likeness (QED) is 0.712. The second-order valence-electron chi connectivity index (χ2n) is 6.03. The van der Waals surface area contributed by atoms with E-state index in [0.717, 1.165) is 11.1 Å². The van der Waals surface area contributed by atoms with E-state index in [2.05, 4.69) is 10.0 Å². The summed E-state index contributed by atoms with van der Waals surface area (Å²) < 4.78 is 27.5. The second kappa shape index (κ2) is 7.57. The van der Waals surface area contributed by atoms with E-state index >= 15 is 0 Å². The van der Waals surface area contributed by atoms with Gasteiger partial charge in [0.2, 0.25) is 5.91 Å². The molecule has 0 aliphatic rings. The first-order valence-electron chi connectivity index (χ1n) is 7.90. The summed E-state index contributed by atoms with van der Waals surface area (Å²) in [5, 5.41) is 2.43. The van der Waals surface area contributed by atoms with Gasteiger partial charge in [-0.1, -0.05) is 6.07 Å². The molecular weight excluding hydrogens is 354 g/mol. The van der Waals surface area contributed by atoms with Crippen LogP contribution in [0.1, 0.15) is 28.4 Å². The molecule has 0 heterocycles. The van der Waals surface area contributed by atoms with Gasteiger partial charge in [0.15, 0.2) is 0 Å². The van der Waals surface area contributed by atoms with E-state index in [1.165, 1.54) is 31.2 Å². The Morgan fingerprint density at radius 1 is 1.00 bits per heavy atom. The predicted octanol–water partition coefficient (Wildman–Crippen LogP) is 1.71. The zero-order valence-electron chi connectivity index (χ0n) is 14.7. The second-order valence-corrected chi connectivity index (χ2v) is 7.71. The fourth-order valence-corrected chi connectivity index (χ4v) is 3.21. The monoisotopic (exact) mass is 375 g/mol. The lowest BCUT2D eigenvalue weighted by molar-refractivity contribution is -0.119. The minimum atomic E-state index is -3.78. The molecule has 26 heavy (non-hydrogen) atoms. The highest BCUT2D eigenvalue weighted by molar-refractivity contribution is 7.92. The number of nitrogens with two attached hydrogens (primary N) is 1. The van der Waals surface area contributed by atoms with E-state index < -0.39 is 27.9 Å². The predicted molar refractivity (Wildman–Crippen MR) is 99.3 cm³/mol. The van der Waals surface area contributed by atoms with Gasteiger partial charge in [-0.2, -0.15) is 0 Å². The summed E-state index contributed by atoms with van der Waals surface area (Å²) in [6, 6.07) is 9.85. The Kier molecular flexibility index (Phi) is 5.66. The lowest BCUT2D eigenvalue weighted by Gasteiger charge is -2.12. The summed E-state index contributed by atoms with van der Waals surface area (Å²) in [5.74, 6) is -1.17. The minimum absolute atomic E-state index is 0.0234. The Labute approximate surface area is 152 Å². The largest absolute Gasteiger partial charge is 0.368 e. The molecule has 0 fully saturated rings. The molecule has 0 saturated heterocycles. The highest BCUT2D eigenvalue weighted by Crippen LogP contribution is 2.19. The summed E-state index contributed by atoms with van der Waals surface area (Å²) in [6.45, 7) is 5.30. The number of hydrogen-bond acceptors (Lipinski definition) is 4. The number of sulfonamides is 1. The molecule has 0 aliphatic heterocycles. The fourth-order valence-electron chi connectivity index (χ4n) is 2.16. The molecule has 2 amide bonds. The van der Waals surface area contributed by atoms with Crippen LogP contribution in [0.5, 0.6) is 0 Å². The van der Waals surface area contributed by atoms with Gasteiger partial charge >= 0.3 is 0 Å². The molecule has 0 spiro atoms. The standard InChI is InChI=1S/C18H21N3O4S/c1-11-4-7-15(10-12(11)2)21-26(24,25)16-8-5-14(6-9-16)18(23)20-13(3)17(19)22/h4-10,13,21H,1-3H3,(H2,19,22)(H,20,23)/t13-/m1/s1. The molecule has 8 heteroatoms. The number of primary amides is 1. The van der Waals surface area contributed by atoms with Gasteiger partial charge in [-0.3, -0.25) is 14.3 Å². The molecule has 0 aromatic heterocycles. The molecule has 1 atom stereocenters. The molecule has 2 aromatic rings. The molecule has 0 saturated carbocycles. The van der Waals surface area contributed by atoms with E-state index in [4.69, 9.17) is 5.73 Å². The third-order valence-electron chi connectivity index (χ3n) is 3.96. The maximum Gasteiger partial charge on any atom is 0.261 e. The van der Waals surface area contributed by atoms with Crippen molar-refractivity contribution in [1.82, 2.24) is 5.32 Å². The third-order valence-corrected chi connectivity index (χ3v) is 5.36. The Bertz CT molecular complexity index is 937. The fraction of sp³-hybridized carbons (Fsp3) is 0.222. The van der Waals surface area contributed by atoms with Crippen molar-refractivity contribution in [2.45, 2.75) is 31.7 Å². The number of hydrogen-bond donors (Lipinski definition) is 3. The lowest BCUT2D eigenvalue weighted by Crippen LogP contribution is -2.42. The van der Waals surface area contributed by atoms with Gasteiger partial charge in [-0.15, -0.1) is 0 Å². The Hall–Kier alpha value is -2.87. The number of nitrogens with one attached hydrogen (secondary N) is 2. The van der Waals surface area contributed by atoms with Crippen molar-refractivity contribution in [3.8, 4) is 0 Å². The Morgan fingerprint density at radius 2 is 1.62 bits per heavy atom. The number of anilines is 1.